The highest BCUT2D eigenvalue weighted by Gasteiger charge is 2.20. The number of carbonyl (C=O) groups is 2. The molecule has 7 nitrogen and oxygen atoms in total. The molecule has 0 bridgehead atoms. The second kappa shape index (κ2) is 7.55. The van der Waals surface area contributed by atoms with Gasteiger partial charge in [-0.1, -0.05) is 41.7 Å². The number of nitrogens with one attached hydrogen (secondary N) is 1. The molecular weight excluding hydrogens is 412 g/mol. The van der Waals surface area contributed by atoms with E-state index in [4.69, 9.17) is 0 Å². The number of carbonyl (C=O) groups excluding carboxylic acids is 2. The summed E-state index contributed by atoms with van der Waals surface area (Å²) in [5.41, 5.74) is 2.19. The Hall–Kier alpha value is -3.65. The third-order valence-electron chi connectivity index (χ3n) is 5.29. The SMILES string of the molecule is CC(=O)c1sc(NC(=O)c2ccc3c(=O)n4c(nc3c2)CCC4)nc1-c1ccccc1. The number of thiazole rings is 1. The summed E-state index contributed by atoms with van der Waals surface area (Å²) >= 11 is 1.15. The molecule has 31 heavy (non-hydrogen) atoms. The van der Waals surface area contributed by atoms with E-state index in [0.29, 0.717) is 38.7 Å². The quantitative estimate of drug-likeness (QED) is 0.495. The number of Topliss-reactive ketones (excluding diaryl/α,β-unsaturated/α-hetero) is 1. The predicted molar refractivity (Wildman–Crippen MR) is 120 cm³/mol. The van der Waals surface area contributed by atoms with E-state index in [2.05, 4.69) is 15.3 Å². The van der Waals surface area contributed by atoms with Crippen molar-refractivity contribution in [3.63, 3.8) is 0 Å². The molecule has 4 aromatic rings. The summed E-state index contributed by atoms with van der Waals surface area (Å²) in [5, 5.41) is 3.63. The maximum atomic E-state index is 12.9. The van der Waals surface area contributed by atoms with Crippen LogP contribution in [0.25, 0.3) is 22.2 Å². The van der Waals surface area contributed by atoms with Crippen molar-refractivity contribution < 1.29 is 9.59 Å². The highest BCUT2D eigenvalue weighted by molar-refractivity contribution is 7.18. The van der Waals surface area contributed by atoms with Crippen LogP contribution < -0.4 is 10.9 Å². The van der Waals surface area contributed by atoms with Crippen LogP contribution >= 0.6 is 11.3 Å². The number of rotatable bonds is 4. The molecule has 5 rings (SSSR count). The van der Waals surface area contributed by atoms with Gasteiger partial charge in [-0.2, -0.15) is 0 Å². The zero-order valence-corrected chi connectivity index (χ0v) is 17.5. The molecule has 1 aliphatic heterocycles. The van der Waals surface area contributed by atoms with Crippen LogP contribution in [0, 0.1) is 0 Å². The van der Waals surface area contributed by atoms with Crippen molar-refractivity contribution in [3.8, 4) is 11.3 Å². The standard InChI is InChI=1S/C23H18N4O3S/c1-13(28)20-19(14-6-3-2-4-7-14)25-23(31-20)26-21(29)15-9-10-16-17(12-15)24-18-8-5-11-27(18)22(16)30/h2-4,6-7,9-10,12H,5,8,11H2,1H3,(H,25,26,29). The number of aryl methyl sites for hydroxylation is 1. The molecule has 2 aromatic carbocycles. The minimum absolute atomic E-state index is 0.0667. The van der Waals surface area contributed by atoms with E-state index >= 15 is 0 Å². The first kappa shape index (κ1) is 19.3. The molecule has 1 amide bonds. The molecule has 2 aromatic heterocycles. The summed E-state index contributed by atoms with van der Waals surface area (Å²) in [4.78, 5) is 47.1. The Morgan fingerprint density at radius 1 is 1.10 bits per heavy atom. The average molecular weight is 430 g/mol. The smallest absolute Gasteiger partial charge is 0.261 e. The van der Waals surface area contributed by atoms with E-state index in [1.54, 1.807) is 22.8 Å². The Labute approximate surface area is 181 Å². The topological polar surface area (TPSA) is 94.0 Å². The van der Waals surface area contributed by atoms with Crippen LogP contribution in [0.4, 0.5) is 5.13 Å². The molecule has 0 fully saturated rings. The normalized spacial score (nSPS) is 12.7. The molecule has 0 unspecified atom stereocenters. The van der Waals surface area contributed by atoms with Gasteiger partial charge in [0.25, 0.3) is 11.5 Å². The van der Waals surface area contributed by atoms with Crippen molar-refractivity contribution in [2.24, 2.45) is 0 Å². The van der Waals surface area contributed by atoms with Crippen molar-refractivity contribution in [3.05, 3.63) is 75.1 Å². The van der Waals surface area contributed by atoms with Crippen LogP contribution in [-0.4, -0.2) is 26.2 Å². The van der Waals surface area contributed by atoms with Gasteiger partial charge in [0.2, 0.25) is 0 Å². The molecule has 0 spiro atoms. The van der Waals surface area contributed by atoms with Crippen LogP contribution in [0.15, 0.2) is 53.3 Å². The Morgan fingerprint density at radius 2 is 1.90 bits per heavy atom. The molecule has 3 heterocycles. The minimum atomic E-state index is -0.368. The summed E-state index contributed by atoms with van der Waals surface area (Å²) < 4.78 is 1.70. The average Bonchev–Trinajstić information content (AvgIpc) is 3.41. The number of amides is 1. The fraction of sp³-hybridized carbons (Fsp3) is 0.174. The minimum Gasteiger partial charge on any atom is -0.298 e. The second-order valence-corrected chi connectivity index (χ2v) is 8.39. The van der Waals surface area contributed by atoms with Gasteiger partial charge in [0.05, 0.1) is 21.5 Å². The largest absolute Gasteiger partial charge is 0.298 e. The predicted octanol–water partition coefficient (Wildman–Crippen LogP) is 3.92. The van der Waals surface area contributed by atoms with E-state index in [1.807, 2.05) is 30.3 Å². The van der Waals surface area contributed by atoms with Crippen molar-refractivity contribution in [2.75, 3.05) is 5.32 Å². The van der Waals surface area contributed by atoms with Gasteiger partial charge in [-0.25, -0.2) is 9.97 Å². The van der Waals surface area contributed by atoms with Crippen LogP contribution in [0.3, 0.4) is 0 Å². The maximum absolute atomic E-state index is 12.9. The third kappa shape index (κ3) is 3.44. The fourth-order valence-electron chi connectivity index (χ4n) is 3.80. The molecule has 0 saturated heterocycles. The van der Waals surface area contributed by atoms with Crippen molar-refractivity contribution in [2.45, 2.75) is 26.3 Å². The van der Waals surface area contributed by atoms with Crippen LogP contribution in [0.1, 0.15) is 39.2 Å². The zero-order valence-electron chi connectivity index (χ0n) is 16.7. The lowest BCUT2D eigenvalue weighted by Gasteiger charge is -2.07. The van der Waals surface area contributed by atoms with Gasteiger partial charge in [-0.3, -0.25) is 24.3 Å². The molecule has 1 aliphatic rings. The van der Waals surface area contributed by atoms with Crippen molar-refractivity contribution in [1.82, 2.24) is 14.5 Å². The number of anilines is 1. The summed E-state index contributed by atoms with van der Waals surface area (Å²) in [6, 6.07) is 14.3. The zero-order chi connectivity index (χ0) is 21.5. The Kier molecular flexibility index (Phi) is 4.71. The Bertz CT molecular complexity index is 1410. The molecular formula is C23H18N4O3S. The summed E-state index contributed by atoms with van der Waals surface area (Å²) in [6.07, 6.45) is 1.66. The van der Waals surface area contributed by atoms with Crippen LogP contribution in [0.2, 0.25) is 0 Å². The number of hydrogen-bond acceptors (Lipinski definition) is 6. The molecule has 0 atom stereocenters. The summed E-state index contributed by atoms with van der Waals surface area (Å²) in [6.45, 7) is 2.17. The first-order valence-electron chi connectivity index (χ1n) is 9.93. The summed E-state index contributed by atoms with van der Waals surface area (Å²) in [5.74, 6) is 0.280. The molecule has 8 heteroatoms. The molecule has 0 radical (unpaired) electrons. The number of fused-ring (bicyclic) bond motifs is 2. The first-order chi connectivity index (χ1) is 15.0. The van der Waals surface area contributed by atoms with E-state index in [0.717, 1.165) is 35.6 Å². The van der Waals surface area contributed by atoms with Gasteiger partial charge in [0, 0.05) is 31.0 Å². The lowest BCUT2D eigenvalue weighted by atomic mass is 10.1. The molecule has 0 aliphatic carbocycles. The van der Waals surface area contributed by atoms with E-state index in [1.165, 1.54) is 6.92 Å². The number of ketones is 1. The first-order valence-corrected chi connectivity index (χ1v) is 10.7. The van der Waals surface area contributed by atoms with Gasteiger partial charge >= 0.3 is 0 Å². The Balaban J connectivity index is 1.48. The monoisotopic (exact) mass is 430 g/mol. The fourth-order valence-corrected chi connectivity index (χ4v) is 4.68. The van der Waals surface area contributed by atoms with E-state index < -0.39 is 0 Å². The lowest BCUT2D eigenvalue weighted by molar-refractivity contribution is 0.101. The van der Waals surface area contributed by atoms with Gasteiger partial charge in [0.1, 0.15) is 5.82 Å². The maximum Gasteiger partial charge on any atom is 0.261 e. The Morgan fingerprint density at radius 3 is 2.68 bits per heavy atom. The number of hydrogen-bond donors (Lipinski definition) is 1. The number of nitrogens with zero attached hydrogens (tertiary/aromatic N) is 3. The van der Waals surface area contributed by atoms with Gasteiger partial charge < -0.3 is 0 Å². The van der Waals surface area contributed by atoms with Crippen molar-refractivity contribution in [1.29, 1.82) is 0 Å². The molecule has 0 saturated carbocycles. The highest BCUT2D eigenvalue weighted by Crippen LogP contribution is 2.31. The molecule has 154 valence electrons. The van der Waals surface area contributed by atoms with Gasteiger partial charge in [-0.05, 0) is 24.6 Å². The molecule has 1 N–H and O–H groups in total. The summed E-state index contributed by atoms with van der Waals surface area (Å²) in [7, 11) is 0. The van der Waals surface area contributed by atoms with Gasteiger partial charge in [-0.15, -0.1) is 0 Å². The number of benzene rings is 2. The van der Waals surface area contributed by atoms with Gasteiger partial charge in [0.15, 0.2) is 10.9 Å². The van der Waals surface area contributed by atoms with Crippen molar-refractivity contribution >= 4 is 39.1 Å². The van der Waals surface area contributed by atoms with E-state index in [9.17, 15) is 14.4 Å². The highest BCUT2D eigenvalue weighted by atomic mass is 32.1. The van der Waals surface area contributed by atoms with Crippen LogP contribution in [0.5, 0.6) is 0 Å². The second-order valence-electron chi connectivity index (χ2n) is 7.39. The third-order valence-corrected chi connectivity index (χ3v) is 6.36. The lowest BCUT2D eigenvalue weighted by Crippen LogP contribution is -2.21. The number of aromatic nitrogens is 3. The van der Waals surface area contributed by atoms with E-state index in [-0.39, 0.29) is 17.2 Å². The van der Waals surface area contributed by atoms with Crippen LogP contribution in [-0.2, 0) is 13.0 Å².